The van der Waals surface area contributed by atoms with E-state index in [0.717, 1.165) is 35.6 Å². The fourth-order valence-electron chi connectivity index (χ4n) is 5.42. The van der Waals surface area contributed by atoms with Crippen LogP contribution in [0.1, 0.15) is 30.1 Å². The van der Waals surface area contributed by atoms with Crippen molar-refractivity contribution < 1.29 is 13.2 Å². The molecule has 0 amide bonds. The molecule has 1 saturated heterocycles. The van der Waals surface area contributed by atoms with E-state index in [1.165, 1.54) is 17.5 Å². The number of sulfone groups is 1. The van der Waals surface area contributed by atoms with Gasteiger partial charge in [-0.05, 0) is 24.5 Å². The SMILES string of the molecule is COc1cc(S(=O)(=O)c2cncc3ccccc23)cc2c3c(n(C)c12)CC1CCC3N1. The predicted molar refractivity (Wildman–Crippen MR) is 119 cm³/mol. The number of fused-ring (bicyclic) bond motifs is 7. The van der Waals surface area contributed by atoms with Gasteiger partial charge < -0.3 is 14.6 Å². The monoisotopic (exact) mass is 433 g/mol. The zero-order valence-electron chi connectivity index (χ0n) is 17.4. The third-order valence-corrected chi connectivity index (χ3v) is 8.63. The van der Waals surface area contributed by atoms with Gasteiger partial charge in [0, 0.05) is 65.9 Å². The molecule has 6 rings (SSSR count). The van der Waals surface area contributed by atoms with E-state index in [4.69, 9.17) is 4.74 Å². The number of hydrogen-bond donors (Lipinski definition) is 1. The molecule has 31 heavy (non-hydrogen) atoms. The lowest BCUT2D eigenvalue weighted by Gasteiger charge is -2.23. The number of hydrogen-bond acceptors (Lipinski definition) is 5. The van der Waals surface area contributed by atoms with Crippen molar-refractivity contribution in [1.82, 2.24) is 14.9 Å². The van der Waals surface area contributed by atoms with Crippen LogP contribution in [0, 0.1) is 0 Å². The Morgan fingerprint density at radius 1 is 1.13 bits per heavy atom. The van der Waals surface area contributed by atoms with Crippen LogP contribution >= 0.6 is 0 Å². The lowest BCUT2D eigenvalue weighted by Crippen LogP contribution is -2.32. The smallest absolute Gasteiger partial charge is 0.208 e. The summed E-state index contributed by atoms with van der Waals surface area (Å²) in [6.07, 6.45) is 6.31. The van der Waals surface area contributed by atoms with E-state index >= 15 is 0 Å². The molecule has 2 aliphatic rings. The molecule has 2 aromatic carbocycles. The van der Waals surface area contributed by atoms with Gasteiger partial charge in [0.1, 0.15) is 5.75 Å². The van der Waals surface area contributed by atoms with Crippen LogP contribution < -0.4 is 10.1 Å². The molecule has 2 bridgehead atoms. The Balaban J connectivity index is 1.64. The minimum absolute atomic E-state index is 0.218. The molecule has 6 nitrogen and oxygen atoms in total. The Morgan fingerprint density at radius 2 is 1.97 bits per heavy atom. The molecule has 2 unspecified atom stereocenters. The zero-order valence-corrected chi connectivity index (χ0v) is 18.2. The summed E-state index contributed by atoms with van der Waals surface area (Å²) < 4.78 is 35.4. The van der Waals surface area contributed by atoms with Crippen LogP contribution in [0.5, 0.6) is 5.75 Å². The molecule has 2 aliphatic heterocycles. The Kier molecular flexibility index (Phi) is 3.98. The maximum absolute atomic E-state index is 13.8. The van der Waals surface area contributed by atoms with Gasteiger partial charge >= 0.3 is 0 Å². The van der Waals surface area contributed by atoms with Crippen molar-refractivity contribution in [3.63, 3.8) is 0 Å². The number of aromatic nitrogens is 2. The minimum Gasteiger partial charge on any atom is -0.495 e. The number of pyridine rings is 1. The highest BCUT2D eigenvalue weighted by molar-refractivity contribution is 7.91. The first-order chi connectivity index (χ1) is 15.0. The van der Waals surface area contributed by atoms with E-state index in [-0.39, 0.29) is 15.8 Å². The van der Waals surface area contributed by atoms with Crippen molar-refractivity contribution in [2.75, 3.05) is 7.11 Å². The second kappa shape index (κ2) is 6.55. The second-order valence-corrected chi connectivity index (χ2v) is 10.4. The summed E-state index contributed by atoms with van der Waals surface area (Å²) in [5, 5.41) is 6.12. The topological polar surface area (TPSA) is 73.2 Å². The van der Waals surface area contributed by atoms with Gasteiger partial charge in [0.2, 0.25) is 9.84 Å². The number of nitrogens with zero attached hydrogens (tertiary/aromatic N) is 2. The Labute approximate surface area is 180 Å². The van der Waals surface area contributed by atoms with Gasteiger partial charge in [0.15, 0.2) is 0 Å². The fraction of sp³-hybridized carbons (Fsp3) is 0.292. The van der Waals surface area contributed by atoms with Crippen molar-refractivity contribution in [2.24, 2.45) is 7.05 Å². The van der Waals surface area contributed by atoms with E-state index in [1.54, 1.807) is 19.4 Å². The van der Waals surface area contributed by atoms with Crippen molar-refractivity contribution in [2.45, 2.75) is 41.1 Å². The van der Waals surface area contributed by atoms with E-state index < -0.39 is 9.84 Å². The molecule has 0 aliphatic carbocycles. The van der Waals surface area contributed by atoms with Gasteiger partial charge in [0.05, 0.1) is 22.4 Å². The summed E-state index contributed by atoms with van der Waals surface area (Å²) in [6, 6.07) is 11.7. The zero-order chi connectivity index (χ0) is 21.3. The van der Waals surface area contributed by atoms with Crippen molar-refractivity contribution in [1.29, 1.82) is 0 Å². The van der Waals surface area contributed by atoms with Gasteiger partial charge in [-0.1, -0.05) is 24.3 Å². The lowest BCUT2D eigenvalue weighted by molar-refractivity contribution is 0.416. The first-order valence-corrected chi connectivity index (χ1v) is 12.0. The maximum atomic E-state index is 13.8. The molecule has 4 heterocycles. The molecule has 4 aromatic rings. The van der Waals surface area contributed by atoms with Gasteiger partial charge in [-0.15, -0.1) is 0 Å². The summed E-state index contributed by atoms with van der Waals surface area (Å²) in [5.41, 5.74) is 3.45. The number of rotatable bonds is 3. The standard InChI is InChI=1S/C24H23N3O3S/c1-27-20-9-15-7-8-19(26-15)23(20)18-10-16(11-21(30-2)24(18)27)31(28,29)22-13-25-12-14-5-3-4-6-17(14)22/h3-6,10-13,15,19,26H,7-9H2,1-2H3. The molecule has 7 heteroatoms. The van der Waals surface area contributed by atoms with Crippen molar-refractivity contribution in [3.05, 3.63) is 60.0 Å². The molecule has 2 aromatic heterocycles. The lowest BCUT2D eigenvalue weighted by atomic mass is 9.99. The third-order valence-electron chi connectivity index (χ3n) is 6.87. The number of benzene rings is 2. The van der Waals surface area contributed by atoms with Crippen LogP contribution in [-0.4, -0.2) is 31.1 Å². The molecule has 158 valence electrons. The van der Waals surface area contributed by atoms with Crippen LogP contribution in [0.3, 0.4) is 0 Å². The van der Waals surface area contributed by atoms with Crippen LogP contribution in [0.2, 0.25) is 0 Å². The van der Waals surface area contributed by atoms with E-state index in [9.17, 15) is 8.42 Å². The van der Waals surface area contributed by atoms with Crippen LogP contribution in [0.4, 0.5) is 0 Å². The number of aryl methyl sites for hydroxylation is 1. The second-order valence-electron chi connectivity index (χ2n) is 8.50. The number of ether oxygens (including phenoxy) is 1. The Hall–Kier alpha value is -2.90. The normalized spacial score (nSPS) is 20.3. The first-order valence-electron chi connectivity index (χ1n) is 10.5. The van der Waals surface area contributed by atoms with Crippen molar-refractivity contribution in [3.8, 4) is 5.75 Å². The molecule has 0 saturated carbocycles. The maximum Gasteiger partial charge on any atom is 0.208 e. The van der Waals surface area contributed by atoms with E-state index in [2.05, 4.69) is 21.9 Å². The quantitative estimate of drug-likeness (QED) is 0.530. The molecular formula is C24H23N3O3S. The van der Waals surface area contributed by atoms with Crippen molar-refractivity contribution >= 4 is 31.5 Å². The predicted octanol–water partition coefficient (Wildman–Crippen LogP) is 3.92. The Bertz CT molecular complexity index is 1470. The summed E-state index contributed by atoms with van der Waals surface area (Å²) in [5.74, 6) is 0.581. The Morgan fingerprint density at radius 3 is 2.81 bits per heavy atom. The summed E-state index contributed by atoms with van der Waals surface area (Å²) in [6.45, 7) is 0. The average molecular weight is 434 g/mol. The largest absolute Gasteiger partial charge is 0.495 e. The molecular weight excluding hydrogens is 410 g/mol. The fourth-order valence-corrected chi connectivity index (χ4v) is 6.89. The van der Waals surface area contributed by atoms with Crippen LogP contribution in [0.25, 0.3) is 21.7 Å². The highest BCUT2D eigenvalue weighted by atomic mass is 32.2. The first kappa shape index (κ1) is 18.8. The highest BCUT2D eigenvalue weighted by Gasteiger charge is 2.37. The van der Waals surface area contributed by atoms with Crippen LogP contribution in [0.15, 0.2) is 58.6 Å². The number of nitrogens with one attached hydrogen (secondary N) is 1. The summed E-state index contributed by atoms with van der Waals surface area (Å²) in [4.78, 5) is 4.65. The van der Waals surface area contributed by atoms with Gasteiger partial charge in [0.25, 0.3) is 0 Å². The summed E-state index contributed by atoms with van der Waals surface area (Å²) in [7, 11) is -0.142. The minimum atomic E-state index is -3.79. The molecule has 1 N–H and O–H groups in total. The van der Waals surface area contributed by atoms with Gasteiger partial charge in [-0.3, -0.25) is 4.98 Å². The van der Waals surface area contributed by atoms with Gasteiger partial charge in [-0.2, -0.15) is 0 Å². The molecule has 2 atom stereocenters. The highest BCUT2D eigenvalue weighted by Crippen LogP contribution is 2.45. The molecule has 0 radical (unpaired) electrons. The van der Waals surface area contributed by atoms with E-state index in [0.29, 0.717) is 17.2 Å². The summed E-state index contributed by atoms with van der Waals surface area (Å²) >= 11 is 0. The number of methoxy groups -OCH3 is 1. The molecule has 0 spiro atoms. The van der Waals surface area contributed by atoms with Gasteiger partial charge in [-0.25, -0.2) is 8.42 Å². The van der Waals surface area contributed by atoms with E-state index in [1.807, 2.05) is 30.3 Å². The molecule has 1 fully saturated rings. The third kappa shape index (κ3) is 2.60. The van der Waals surface area contributed by atoms with Crippen LogP contribution in [-0.2, 0) is 23.3 Å². The average Bonchev–Trinajstić information content (AvgIpc) is 3.31.